The van der Waals surface area contributed by atoms with Crippen molar-refractivity contribution in [1.82, 2.24) is 10.2 Å². The number of hydrogen-bond donors (Lipinski definition) is 1. The molecule has 3 rings (SSSR count). The van der Waals surface area contributed by atoms with Crippen molar-refractivity contribution in [2.45, 2.75) is 38.6 Å². The van der Waals surface area contributed by atoms with E-state index in [0.717, 1.165) is 47.4 Å². The van der Waals surface area contributed by atoms with E-state index in [1.54, 1.807) is 0 Å². The molecule has 0 radical (unpaired) electrons. The molecule has 2 aliphatic heterocycles. The van der Waals surface area contributed by atoms with Crippen molar-refractivity contribution in [3.8, 4) is 0 Å². The average molecular weight is 351 g/mol. The van der Waals surface area contributed by atoms with E-state index in [9.17, 15) is 4.79 Å². The summed E-state index contributed by atoms with van der Waals surface area (Å²) in [7, 11) is 0. The van der Waals surface area contributed by atoms with Crippen LogP contribution in [0.3, 0.4) is 0 Å². The monoisotopic (exact) mass is 350 g/mol. The van der Waals surface area contributed by atoms with Crippen LogP contribution in [-0.2, 0) is 0 Å². The number of hydrogen-bond acceptors (Lipinski definition) is 2. The molecule has 0 aliphatic carbocycles. The van der Waals surface area contributed by atoms with Crippen LogP contribution in [0.4, 0.5) is 0 Å². The molecule has 1 amide bonds. The minimum Gasteiger partial charge on any atom is -0.339 e. The van der Waals surface area contributed by atoms with Gasteiger partial charge in [-0.05, 0) is 72.6 Å². The number of carbonyl (C=O) groups is 1. The molecule has 2 fully saturated rings. The van der Waals surface area contributed by atoms with Crippen molar-refractivity contribution in [1.29, 1.82) is 0 Å². The second kappa shape index (κ2) is 6.49. The second-order valence-electron chi connectivity index (χ2n) is 6.27. The Bertz CT molecular complexity index is 518. The van der Waals surface area contributed by atoms with Gasteiger partial charge in [-0.1, -0.05) is 12.1 Å². The largest absolute Gasteiger partial charge is 0.339 e. The maximum Gasteiger partial charge on any atom is 0.255 e. The maximum absolute atomic E-state index is 12.7. The normalized spacial score (nSPS) is 23.5. The summed E-state index contributed by atoms with van der Waals surface area (Å²) < 4.78 is 0.939. The Kier molecular flexibility index (Phi) is 4.65. The number of likely N-dealkylation sites (tertiary alicyclic amines) is 1. The van der Waals surface area contributed by atoms with Gasteiger partial charge in [-0.25, -0.2) is 0 Å². The molecule has 114 valence electrons. The van der Waals surface area contributed by atoms with E-state index in [1.165, 1.54) is 19.4 Å². The highest BCUT2D eigenvalue weighted by atomic mass is 79.9. The average Bonchev–Trinajstić information content (AvgIpc) is 3.04. The van der Waals surface area contributed by atoms with Crippen LogP contribution in [-0.4, -0.2) is 36.5 Å². The molecule has 1 N–H and O–H groups in total. The predicted octanol–water partition coefficient (Wildman–Crippen LogP) is 3.36. The van der Waals surface area contributed by atoms with E-state index in [0.29, 0.717) is 6.04 Å². The van der Waals surface area contributed by atoms with Crippen molar-refractivity contribution in [2.24, 2.45) is 5.92 Å². The summed E-state index contributed by atoms with van der Waals surface area (Å²) in [5, 5.41) is 3.61. The predicted molar refractivity (Wildman–Crippen MR) is 88.5 cm³/mol. The summed E-state index contributed by atoms with van der Waals surface area (Å²) in [5.41, 5.74) is 1.92. The quantitative estimate of drug-likeness (QED) is 0.886. The zero-order valence-corrected chi connectivity index (χ0v) is 14.2. The van der Waals surface area contributed by atoms with Gasteiger partial charge in [-0.15, -0.1) is 0 Å². The number of amides is 1. The lowest BCUT2D eigenvalue weighted by atomic mass is 9.88. The topological polar surface area (TPSA) is 32.3 Å². The molecule has 0 spiro atoms. The summed E-state index contributed by atoms with van der Waals surface area (Å²) in [5.74, 6) is 0.918. The SMILES string of the molecule is Cc1cccc(C(=O)N2CCC(C3CCCN3)CC2)c1Br. The Morgan fingerprint density at radius 2 is 2.05 bits per heavy atom. The zero-order chi connectivity index (χ0) is 14.8. The number of rotatable bonds is 2. The van der Waals surface area contributed by atoms with Crippen molar-refractivity contribution >= 4 is 21.8 Å². The third-order valence-corrected chi connectivity index (χ3v) is 5.97. The van der Waals surface area contributed by atoms with E-state index in [1.807, 2.05) is 30.0 Å². The number of piperidine rings is 1. The molecule has 0 saturated carbocycles. The first-order valence-corrected chi connectivity index (χ1v) is 8.74. The number of benzene rings is 1. The van der Waals surface area contributed by atoms with Crippen molar-refractivity contribution in [2.75, 3.05) is 19.6 Å². The standard InChI is InChI=1S/C17H23BrN2O/c1-12-4-2-5-14(16(12)18)17(21)20-10-7-13(8-11-20)15-6-3-9-19-15/h2,4-5,13,15,19H,3,6-11H2,1H3. The van der Waals surface area contributed by atoms with E-state index in [2.05, 4.69) is 21.2 Å². The summed E-state index contributed by atoms with van der Waals surface area (Å²) in [4.78, 5) is 14.7. The van der Waals surface area contributed by atoms with Gasteiger partial charge in [-0.3, -0.25) is 4.79 Å². The molecule has 1 unspecified atom stereocenters. The number of carbonyl (C=O) groups excluding carboxylic acids is 1. The van der Waals surface area contributed by atoms with Gasteiger partial charge >= 0.3 is 0 Å². The smallest absolute Gasteiger partial charge is 0.255 e. The molecule has 1 aromatic carbocycles. The van der Waals surface area contributed by atoms with Crippen LogP contribution in [0.2, 0.25) is 0 Å². The molecular formula is C17H23BrN2O. The fraction of sp³-hybridized carbons (Fsp3) is 0.588. The van der Waals surface area contributed by atoms with Crippen LogP contribution in [0.15, 0.2) is 22.7 Å². The molecule has 1 aromatic rings. The minimum atomic E-state index is 0.170. The summed E-state index contributed by atoms with van der Waals surface area (Å²) in [6.45, 7) is 4.98. The van der Waals surface area contributed by atoms with Crippen LogP contribution in [0.1, 0.15) is 41.6 Å². The molecule has 2 aliphatic rings. The highest BCUT2D eigenvalue weighted by Crippen LogP contribution is 2.28. The fourth-order valence-corrected chi connectivity index (χ4v) is 4.04. The van der Waals surface area contributed by atoms with Gasteiger partial charge in [0.2, 0.25) is 0 Å². The molecule has 1 atom stereocenters. The zero-order valence-electron chi connectivity index (χ0n) is 12.6. The van der Waals surface area contributed by atoms with Crippen molar-refractivity contribution in [3.63, 3.8) is 0 Å². The van der Waals surface area contributed by atoms with Crippen molar-refractivity contribution in [3.05, 3.63) is 33.8 Å². The Morgan fingerprint density at radius 3 is 2.71 bits per heavy atom. The van der Waals surface area contributed by atoms with Crippen LogP contribution < -0.4 is 5.32 Å². The van der Waals surface area contributed by atoms with Crippen LogP contribution >= 0.6 is 15.9 Å². The van der Waals surface area contributed by atoms with Crippen LogP contribution in [0.5, 0.6) is 0 Å². The van der Waals surface area contributed by atoms with E-state index in [-0.39, 0.29) is 5.91 Å². The second-order valence-corrected chi connectivity index (χ2v) is 7.06. The van der Waals surface area contributed by atoms with Crippen LogP contribution in [0.25, 0.3) is 0 Å². The number of nitrogens with one attached hydrogen (secondary N) is 1. The third kappa shape index (κ3) is 3.16. The Labute approximate surface area is 135 Å². The van der Waals surface area contributed by atoms with Crippen LogP contribution in [0, 0.1) is 12.8 Å². The molecule has 3 nitrogen and oxygen atoms in total. The van der Waals surface area contributed by atoms with Gasteiger partial charge in [-0.2, -0.15) is 0 Å². The number of aryl methyl sites for hydroxylation is 1. The molecular weight excluding hydrogens is 328 g/mol. The lowest BCUT2D eigenvalue weighted by molar-refractivity contribution is 0.0673. The summed E-state index contributed by atoms with van der Waals surface area (Å²) >= 11 is 3.56. The van der Waals surface area contributed by atoms with Gasteiger partial charge < -0.3 is 10.2 Å². The third-order valence-electron chi connectivity index (χ3n) is 4.92. The molecule has 2 heterocycles. The van der Waals surface area contributed by atoms with E-state index in [4.69, 9.17) is 0 Å². The Morgan fingerprint density at radius 1 is 1.29 bits per heavy atom. The fourth-order valence-electron chi connectivity index (χ4n) is 3.60. The van der Waals surface area contributed by atoms with Gasteiger partial charge in [0, 0.05) is 23.6 Å². The molecule has 2 saturated heterocycles. The summed E-state index contributed by atoms with van der Waals surface area (Å²) in [6.07, 6.45) is 4.88. The highest BCUT2D eigenvalue weighted by Gasteiger charge is 2.30. The maximum atomic E-state index is 12.7. The van der Waals surface area contributed by atoms with E-state index < -0.39 is 0 Å². The summed E-state index contributed by atoms with van der Waals surface area (Å²) in [6, 6.07) is 6.60. The first-order valence-electron chi connectivity index (χ1n) is 7.94. The lowest BCUT2D eigenvalue weighted by Crippen LogP contribution is -2.43. The van der Waals surface area contributed by atoms with Gasteiger partial charge in [0.1, 0.15) is 0 Å². The van der Waals surface area contributed by atoms with E-state index >= 15 is 0 Å². The molecule has 21 heavy (non-hydrogen) atoms. The molecule has 0 bridgehead atoms. The number of halogens is 1. The van der Waals surface area contributed by atoms with Crippen molar-refractivity contribution < 1.29 is 4.79 Å². The minimum absolute atomic E-state index is 0.170. The Balaban J connectivity index is 1.63. The molecule has 0 aromatic heterocycles. The first-order chi connectivity index (χ1) is 10.2. The van der Waals surface area contributed by atoms with Gasteiger partial charge in [0.15, 0.2) is 0 Å². The lowest BCUT2D eigenvalue weighted by Gasteiger charge is -2.35. The highest BCUT2D eigenvalue weighted by molar-refractivity contribution is 9.10. The van der Waals surface area contributed by atoms with Gasteiger partial charge in [0.25, 0.3) is 5.91 Å². The first kappa shape index (κ1) is 15.0. The van der Waals surface area contributed by atoms with Gasteiger partial charge in [0.05, 0.1) is 5.56 Å². The number of nitrogens with zero attached hydrogens (tertiary/aromatic N) is 1. The molecule has 4 heteroatoms. The Hall–Kier alpha value is -0.870.